The molecular weight excluding hydrogens is 320 g/mol. The van der Waals surface area contributed by atoms with E-state index in [1.807, 2.05) is 0 Å². The fourth-order valence-electron chi connectivity index (χ4n) is 2.12. The van der Waals surface area contributed by atoms with Gasteiger partial charge in [0.05, 0.1) is 10.9 Å². The number of carboxylic acid groups (broad SMARTS) is 1. The van der Waals surface area contributed by atoms with E-state index in [9.17, 15) is 23.5 Å². The van der Waals surface area contributed by atoms with E-state index in [2.05, 4.69) is 0 Å². The lowest BCUT2D eigenvalue weighted by molar-refractivity contribution is -0.141. The molecule has 0 aliphatic carbocycles. The molecule has 1 N–H and O–H groups in total. The molecule has 2 rings (SSSR count). The van der Waals surface area contributed by atoms with E-state index in [1.54, 1.807) is 19.1 Å². The molecule has 1 saturated heterocycles. The number of nitrogens with zero attached hydrogens (tertiary/aromatic N) is 1. The Labute approximate surface area is 128 Å². The normalized spacial score (nSPS) is 21.8. The highest BCUT2D eigenvalue weighted by atomic mass is 32.2. The molecule has 0 spiro atoms. The molecule has 1 aromatic rings. The highest BCUT2D eigenvalue weighted by molar-refractivity contribution is 8.00. The smallest absolute Gasteiger partial charge is 0.327 e. The number of benzene rings is 1. The Morgan fingerprint density at radius 1 is 1.43 bits per heavy atom. The van der Waals surface area contributed by atoms with Gasteiger partial charge in [-0.05, 0) is 19.1 Å². The molecule has 0 aromatic heterocycles. The summed E-state index contributed by atoms with van der Waals surface area (Å²) in [4.78, 5) is 25.2. The molecule has 0 saturated carbocycles. The number of carbonyl (C=O) groups excluding carboxylic acids is 1. The van der Waals surface area contributed by atoms with Gasteiger partial charge in [0.2, 0.25) is 0 Å². The third kappa shape index (κ3) is 3.49. The number of hydrogen-bond donors (Lipinski definition) is 1. The fourth-order valence-corrected chi connectivity index (χ4v) is 3.92. The molecule has 0 radical (unpaired) electrons. The van der Waals surface area contributed by atoms with Crippen molar-refractivity contribution in [1.82, 2.24) is 4.90 Å². The monoisotopic (exact) mass is 333 g/mol. The third-order valence-electron chi connectivity index (χ3n) is 3.08. The van der Waals surface area contributed by atoms with E-state index >= 15 is 0 Å². The second kappa shape index (κ2) is 6.65. The number of rotatable bonds is 4. The van der Waals surface area contributed by atoms with E-state index in [0.717, 1.165) is 0 Å². The molecular formula is C13H13F2NO3S2. The van der Waals surface area contributed by atoms with E-state index in [1.165, 1.54) is 28.8 Å². The van der Waals surface area contributed by atoms with Crippen molar-refractivity contribution in [2.75, 3.05) is 5.75 Å². The Morgan fingerprint density at radius 3 is 2.71 bits per heavy atom. The van der Waals surface area contributed by atoms with Crippen molar-refractivity contribution in [3.05, 3.63) is 29.8 Å². The van der Waals surface area contributed by atoms with Gasteiger partial charge in [-0.25, -0.2) is 4.79 Å². The Morgan fingerprint density at radius 2 is 2.10 bits per heavy atom. The van der Waals surface area contributed by atoms with Crippen molar-refractivity contribution in [2.45, 2.75) is 29.0 Å². The van der Waals surface area contributed by atoms with Gasteiger partial charge in [-0.2, -0.15) is 8.78 Å². The minimum atomic E-state index is -2.64. The van der Waals surface area contributed by atoms with Gasteiger partial charge in [0.15, 0.2) is 0 Å². The van der Waals surface area contributed by atoms with Crippen molar-refractivity contribution in [2.24, 2.45) is 0 Å². The van der Waals surface area contributed by atoms with Crippen LogP contribution in [0.1, 0.15) is 17.3 Å². The van der Waals surface area contributed by atoms with Gasteiger partial charge in [0.25, 0.3) is 11.7 Å². The highest BCUT2D eigenvalue weighted by Crippen LogP contribution is 2.34. The van der Waals surface area contributed by atoms with Gasteiger partial charge in [0.1, 0.15) is 6.04 Å². The first kappa shape index (κ1) is 16.1. The summed E-state index contributed by atoms with van der Waals surface area (Å²) in [7, 11) is 0. The predicted molar refractivity (Wildman–Crippen MR) is 77.8 cm³/mol. The van der Waals surface area contributed by atoms with Gasteiger partial charge in [-0.15, -0.1) is 11.8 Å². The van der Waals surface area contributed by atoms with E-state index in [4.69, 9.17) is 0 Å². The summed E-state index contributed by atoms with van der Waals surface area (Å²) in [5.41, 5.74) is 0.114. The van der Waals surface area contributed by atoms with Crippen molar-refractivity contribution < 1.29 is 23.5 Å². The number of aliphatic carboxylic acids is 1. The number of thioether (sulfide) groups is 2. The maximum Gasteiger partial charge on any atom is 0.327 e. The van der Waals surface area contributed by atoms with Crippen molar-refractivity contribution >= 4 is 35.4 Å². The fraction of sp³-hybridized carbons (Fsp3) is 0.385. The molecule has 21 heavy (non-hydrogen) atoms. The van der Waals surface area contributed by atoms with Gasteiger partial charge >= 0.3 is 5.97 Å². The summed E-state index contributed by atoms with van der Waals surface area (Å²) in [6.45, 7) is 1.73. The Kier molecular flexibility index (Phi) is 5.10. The molecule has 1 aliphatic heterocycles. The summed E-state index contributed by atoms with van der Waals surface area (Å²) in [6, 6.07) is 5.10. The highest BCUT2D eigenvalue weighted by Gasteiger charge is 2.40. The Balaban J connectivity index is 2.33. The first-order chi connectivity index (χ1) is 9.91. The topological polar surface area (TPSA) is 57.6 Å². The molecule has 2 atom stereocenters. The number of hydrogen-bond acceptors (Lipinski definition) is 4. The van der Waals surface area contributed by atoms with Crippen LogP contribution in [0.15, 0.2) is 29.2 Å². The van der Waals surface area contributed by atoms with Crippen LogP contribution in [-0.2, 0) is 4.79 Å². The summed E-state index contributed by atoms with van der Waals surface area (Å²) in [5.74, 6) is -3.95. The molecule has 1 aromatic carbocycles. The molecule has 1 amide bonds. The third-order valence-corrected chi connectivity index (χ3v) is 5.08. The summed E-state index contributed by atoms with van der Waals surface area (Å²) in [5, 5.41) is 8.88. The standard InChI is InChI=1S/C13H13F2NO3S2/c1-7-16(9(6-20-7)12(18)19)11(17)8-4-2-3-5-10(8)21-13(14)15/h2-5,7,9,13H,6H2,1H3,(H,18,19). The molecule has 2 unspecified atom stereocenters. The van der Waals surface area contributed by atoms with Crippen LogP contribution in [0.3, 0.4) is 0 Å². The number of carbonyl (C=O) groups is 2. The van der Waals surface area contributed by atoms with E-state index < -0.39 is 23.7 Å². The molecule has 114 valence electrons. The second-order valence-corrected chi connectivity index (χ2v) is 6.75. The molecule has 0 bridgehead atoms. The van der Waals surface area contributed by atoms with Gasteiger partial charge < -0.3 is 10.0 Å². The average Bonchev–Trinajstić information content (AvgIpc) is 2.80. The lowest BCUT2D eigenvalue weighted by Crippen LogP contribution is -2.44. The number of carboxylic acids is 1. The SMILES string of the molecule is CC1SCC(C(=O)O)N1C(=O)c1ccccc1SC(F)F. The van der Waals surface area contributed by atoms with Crippen molar-refractivity contribution in [3.8, 4) is 0 Å². The van der Waals surface area contributed by atoms with Crippen LogP contribution in [0.2, 0.25) is 0 Å². The maximum atomic E-state index is 12.6. The zero-order valence-electron chi connectivity index (χ0n) is 11.0. The molecule has 4 nitrogen and oxygen atoms in total. The first-order valence-electron chi connectivity index (χ1n) is 6.12. The lowest BCUT2D eigenvalue weighted by atomic mass is 10.1. The largest absolute Gasteiger partial charge is 0.480 e. The van der Waals surface area contributed by atoms with Gasteiger partial charge in [-0.1, -0.05) is 23.9 Å². The minimum Gasteiger partial charge on any atom is -0.480 e. The Hall–Kier alpha value is -1.28. The molecule has 8 heteroatoms. The quantitative estimate of drug-likeness (QED) is 0.859. The van der Waals surface area contributed by atoms with E-state index in [0.29, 0.717) is 5.75 Å². The van der Waals surface area contributed by atoms with Crippen LogP contribution in [0, 0.1) is 0 Å². The number of alkyl halides is 2. The first-order valence-corrected chi connectivity index (χ1v) is 8.05. The molecule has 1 aliphatic rings. The molecule has 1 fully saturated rings. The summed E-state index contributed by atoms with van der Waals surface area (Å²) in [6.07, 6.45) is 0. The van der Waals surface area contributed by atoms with Crippen LogP contribution in [0.4, 0.5) is 8.78 Å². The van der Waals surface area contributed by atoms with Crippen LogP contribution >= 0.6 is 23.5 Å². The predicted octanol–water partition coefficient (Wildman–Crippen LogP) is 2.99. The molecule has 1 heterocycles. The Bertz CT molecular complexity index is 556. The minimum absolute atomic E-state index is 0.114. The van der Waals surface area contributed by atoms with Crippen LogP contribution in [0.5, 0.6) is 0 Å². The average molecular weight is 333 g/mol. The van der Waals surface area contributed by atoms with Crippen LogP contribution in [0.25, 0.3) is 0 Å². The zero-order chi connectivity index (χ0) is 15.6. The zero-order valence-corrected chi connectivity index (χ0v) is 12.7. The van der Waals surface area contributed by atoms with Crippen LogP contribution in [-0.4, -0.2) is 44.8 Å². The second-order valence-electron chi connectivity index (χ2n) is 4.37. The van der Waals surface area contributed by atoms with Gasteiger partial charge in [0, 0.05) is 10.6 Å². The number of halogens is 2. The summed E-state index contributed by atoms with van der Waals surface area (Å²) < 4.78 is 25.1. The van der Waals surface area contributed by atoms with Crippen LogP contribution < -0.4 is 0 Å². The number of amides is 1. The van der Waals surface area contributed by atoms with Gasteiger partial charge in [-0.3, -0.25) is 4.79 Å². The van der Waals surface area contributed by atoms with Crippen molar-refractivity contribution in [3.63, 3.8) is 0 Å². The summed E-state index contributed by atoms with van der Waals surface area (Å²) >= 11 is 1.64. The van der Waals surface area contributed by atoms with E-state index in [-0.39, 0.29) is 27.6 Å². The maximum absolute atomic E-state index is 12.6. The lowest BCUT2D eigenvalue weighted by Gasteiger charge is -2.25. The van der Waals surface area contributed by atoms with Crippen molar-refractivity contribution in [1.29, 1.82) is 0 Å².